The predicted molar refractivity (Wildman–Crippen MR) is 56.9 cm³/mol. The standard InChI is InChI=1S/C10H18N2O4/c1-15-9(13)7-11-3-5-12(6-4-11)8-10(14)16-2/h3-8H2,1-2H3. The molecule has 92 valence electrons. The maximum absolute atomic E-state index is 11.0. The lowest BCUT2D eigenvalue weighted by atomic mass is 10.3. The molecular formula is C10H18N2O4. The van der Waals surface area contributed by atoms with Crippen molar-refractivity contribution in [3.05, 3.63) is 0 Å². The third kappa shape index (κ3) is 4.16. The number of esters is 2. The molecular weight excluding hydrogens is 212 g/mol. The van der Waals surface area contributed by atoms with E-state index in [9.17, 15) is 9.59 Å². The fourth-order valence-electron chi connectivity index (χ4n) is 1.60. The molecule has 0 spiro atoms. The summed E-state index contributed by atoms with van der Waals surface area (Å²) in [6, 6.07) is 0. The van der Waals surface area contributed by atoms with Gasteiger partial charge in [0.25, 0.3) is 0 Å². The molecule has 0 radical (unpaired) electrons. The highest BCUT2D eigenvalue weighted by Gasteiger charge is 2.20. The Bertz CT molecular complexity index is 223. The first kappa shape index (κ1) is 12.9. The minimum absolute atomic E-state index is 0.221. The Labute approximate surface area is 95.1 Å². The molecule has 1 fully saturated rings. The van der Waals surface area contributed by atoms with Gasteiger partial charge in [-0.05, 0) is 0 Å². The minimum Gasteiger partial charge on any atom is -0.468 e. The molecule has 0 N–H and O–H groups in total. The number of ether oxygens (including phenoxy) is 2. The number of hydrogen-bond donors (Lipinski definition) is 0. The van der Waals surface area contributed by atoms with Gasteiger partial charge in [0.05, 0.1) is 27.3 Å². The van der Waals surface area contributed by atoms with E-state index >= 15 is 0 Å². The van der Waals surface area contributed by atoms with E-state index in [-0.39, 0.29) is 11.9 Å². The van der Waals surface area contributed by atoms with Crippen molar-refractivity contribution in [2.75, 3.05) is 53.5 Å². The molecule has 6 nitrogen and oxygen atoms in total. The summed E-state index contributed by atoms with van der Waals surface area (Å²) in [4.78, 5) is 26.1. The molecule has 1 rings (SSSR count). The van der Waals surface area contributed by atoms with E-state index < -0.39 is 0 Å². The average Bonchev–Trinajstić information content (AvgIpc) is 2.31. The normalized spacial score (nSPS) is 18.1. The summed E-state index contributed by atoms with van der Waals surface area (Å²) in [5, 5.41) is 0. The molecule has 16 heavy (non-hydrogen) atoms. The van der Waals surface area contributed by atoms with Crippen LogP contribution < -0.4 is 0 Å². The second-order valence-electron chi connectivity index (χ2n) is 3.70. The smallest absolute Gasteiger partial charge is 0.319 e. The summed E-state index contributed by atoms with van der Waals surface area (Å²) < 4.78 is 9.19. The highest BCUT2D eigenvalue weighted by molar-refractivity contribution is 5.72. The third-order valence-corrected chi connectivity index (χ3v) is 2.63. The summed E-state index contributed by atoms with van der Waals surface area (Å²) in [5.41, 5.74) is 0. The number of hydrogen-bond acceptors (Lipinski definition) is 6. The molecule has 0 atom stereocenters. The molecule has 1 heterocycles. The van der Waals surface area contributed by atoms with Crippen LogP contribution in [0.1, 0.15) is 0 Å². The maximum atomic E-state index is 11.0. The Kier molecular flexibility index (Phi) is 5.21. The van der Waals surface area contributed by atoms with Crippen LogP contribution in [-0.2, 0) is 19.1 Å². The number of piperazine rings is 1. The van der Waals surface area contributed by atoms with E-state index in [4.69, 9.17) is 0 Å². The van der Waals surface area contributed by atoms with Gasteiger partial charge < -0.3 is 9.47 Å². The zero-order valence-electron chi connectivity index (χ0n) is 9.77. The van der Waals surface area contributed by atoms with Crippen LogP contribution in [0.15, 0.2) is 0 Å². The number of carbonyl (C=O) groups excluding carboxylic acids is 2. The molecule has 0 unspecified atom stereocenters. The molecule has 1 aliphatic rings. The molecule has 0 bridgehead atoms. The number of nitrogens with zero attached hydrogens (tertiary/aromatic N) is 2. The van der Waals surface area contributed by atoms with E-state index in [2.05, 4.69) is 9.47 Å². The fourth-order valence-corrected chi connectivity index (χ4v) is 1.60. The van der Waals surface area contributed by atoms with Crippen LogP contribution in [0.2, 0.25) is 0 Å². The predicted octanol–water partition coefficient (Wildman–Crippen LogP) is -1.05. The SMILES string of the molecule is COC(=O)CN1CCN(CC(=O)OC)CC1. The van der Waals surface area contributed by atoms with Gasteiger partial charge in [0.15, 0.2) is 0 Å². The molecule has 1 saturated heterocycles. The zero-order valence-corrected chi connectivity index (χ0v) is 9.77. The number of methoxy groups -OCH3 is 2. The number of rotatable bonds is 4. The largest absolute Gasteiger partial charge is 0.468 e. The van der Waals surface area contributed by atoms with Gasteiger partial charge in [0.2, 0.25) is 0 Å². The summed E-state index contributed by atoms with van der Waals surface area (Å²) in [6.07, 6.45) is 0. The third-order valence-electron chi connectivity index (χ3n) is 2.63. The Balaban J connectivity index is 2.23. The summed E-state index contributed by atoms with van der Waals surface area (Å²) >= 11 is 0. The Morgan fingerprint density at radius 2 is 1.19 bits per heavy atom. The van der Waals surface area contributed by atoms with Gasteiger partial charge in [-0.15, -0.1) is 0 Å². The van der Waals surface area contributed by atoms with E-state index in [1.165, 1.54) is 14.2 Å². The lowest BCUT2D eigenvalue weighted by Gasteiger charge is -2.33. The maximum Gasteiger partial charge on any atom is 0.319 e. The van der Waals surface area contributed by atoms with Crippen molar-refractivity contribution < 1.29 is 19.1 Å². The fraction of sp³-hybridized carbons (Fsp3) is 0.800. The van der Waals surface area contributed by atoms with Crippen molar-refractivity contribution in [1.82, 2.24) is 9.80 Å². The molecule has 0 aromatic carbocycles. The van der Waals surface area contributed by atoms with Crippen LogP contribution in [0.25, 0.3) is 0 Å². The highest BCUT2D eigenvalue weighted by Crippen LogP contribution is 2.01. The molecule has 0 aromatic heterocycles. The van der Waals surface area contributed by atoms with Crippen molar-refractivity contribution >= 4 is 11.9 Å². The Morgan fingerprint density at radius 1 is 0.875 bits per heavy atom. The first-order valence-electron chi connectivity index (χ1n) is 5.24. The Hall–Kier alpha value is -1.14. The van der Waals surface area contributed by atoms with Gasteiger partial charge in [-0.25, -0.2) is 0 Å². The number of carbonyl (C=O) groups is 2. The van der Waals surface area contributed by atoms with Gasteiger partial charge in [0.1, 0.15) is 0 Å². The van der Waals surface area contributed by atoms with Gasteiger partial charge in [0, 0.05) is 26.2 Å². The first-order chi connectivity index (χ1) is 7.65. The van der Waals surface area contributed by atoms with E-state index in [1.807, 2.05) is 9.80 Å². The monoisotopic (exact) mass is 230 g/mol. The van der Waals surface area contributed by atoms with Gasteiger partial charge >= 0.3 is 11.9 Å². The van der Waals surface area contributed by atoms with Crippen LogP contribution >= 0.6 is 0 Å². The second-order valence-corrected chi connectivity index (χ2v) is 3.70. The summed E-state index contributed by atoms with van der Waals surface area (Å²) in [6.45, 7) is 3.72. The van der Waals surface area contributed by atoms with Crippen molar-refractivity contribution in [2.24, 2.45) is 0 Å². The summed E-state index contributed by atoms with van der Waals surface area (Å²) in [7, 11) is 2.77. The van der Waals surface area contributed by atoms with Gasteiger partial charge in [-0.2, -0.15) is 0 Å². The highest BCUT2D eigenvalue weighted by atomic mass is 16.5. The Morgan fingerprint density at radius 3 is 1.44 bits per heavy atom. The lowest BCUT2D eigenvalue weighted by molar-refractivity contribution is -0.145. The van der Waals surface area contributed by atoms with E-state index in [0.717, 1.165) is 26.2 Å². The molecule has 6 heteroatoms. The summed E-state index contributed by atoms with van der Waals surface area (Å²) in [5.74, 6) is -0.442. The van der Waals surface area contributed by atoms with Crippen LogP contribution in [0.5, 0.6) is 0 Å². The van der Waals surface area contributed by atoms with E-state index in [1.54, 1.807) is 0 Å². The van der Waals surface area contributed by atoms with Crippen molar-refractivity contribution in [1.29, 1.82) is 0 Å². The topological polar surface area (TPSA) is 59.1 Å². The molecule has 0 saturated carbocycles. The molecule has 0 amide bonds. The van der Waals surface area contributed by atoms with Crippen LogP contribution in [0.3, 0.4) is 0 Å². The van der Waals surface area contributed by atoms with Gasteiger partial charge in [-0.3, -0.25) is 19.4 Å². The van der Waals surface area contributed by atoms with Crippen molar-refractivity contribution in [3.8, 4) is 0 Å². The lowest BCUT2D eigenvalue weighted by Crippen LogP contribution is -2.49. The average molecular weight is 230 g/mol. The first-order valence-corrected chi connectivity index (χ1v) is 5.24. The van der Waals surface area contributed by atoms with Crippen molar-refractivity contribution in [2.45, 2.75) is 0 Å². The van der Waals surface area contributed by atoms with E-state index in [0.29, 0.717) is 13.1 Å². The minimum atomic E-state index is -0.221. The molecule has 1 aliphatic heterocycles. The van der Waals surface area contributed by atoms with Crippen molar-refractivity contribution in [3.63, 3.8) is 0 Å². The second kappa shape index (κ2) is 6.44. The van der Waals surface area contributed by atoms with Gasteiger partial charge in [-0.1, -0.05) is 0 Å². The van der Waals surface area contributed by atoms with Crippen LogP contribution in [0.4, 0.5) is 0 Å². The zero-order chi connectivity index (χ0) is 12.0. The van der Waals surface area contributed by atoms with Crippen LogP contribution in [-0.4, -0.2) is 75.2 Å². The molecule has 0 aliphatic carbocycles. The quantitative estimate of drug-likeness (QED) is 0.574. The van der Waals surface area contributed by atoms with Crippen LogP contribution in [0, 0.1) is 0 Å². The molecule has 0 aromatic rings.